The molecule has 3 aromatic carbocycles. The second-order valence-electron chi connectivity index (χ2n) is 5.50. The first-order chi connectivity index (χ1) is 11.2. The minimum absolute atomic E-state index is 0.217. The highest BCUT2D eigenvalue weighted by Crippen LogP contribution is 2.43. The van der Waals surface area contributed by atoms with E-state index < -0.39 is 0 Å². The number of halogens is 2. The molecule has 110 valence electrons. The molecule has 23 heavy (non-hydrogen) atoms. The highest BCUT2D eigenvalue weighted by atomic mass is 35.5. The molecule has 0 aliphatic heterocycles. The Labute approximate surface area is 139 Å². The van der Waals surface area contributed by atoms with Crippen LogP contribution in [0.2, 0.25) is 5.15 Å². The summed E-state index contributed by atoms with van der Waals surface area (Å²) < 4.78 is 16.3. The Bertz CT molecular complexity index is 1240. The molecule has 2 aromatic heterocycles. The van der Waals surface area contributed by atoms with E-state index in [1.807, 2.05) is 30.3 Å². The third-order valence-electron chi connectivity index (χ3n) is 4.23. The summed E-state index contributed by atoms with van der Waals surface area (Å²) in [6.45, 7) is 0. The number of hydrogen-bond donors (Lipinski definition) is 0. The molecule has 0 unspecified atom stereocenters. The van der Waals surface area contributed by atoms with Crippen LogP contribution in [0.3, 0.4) is 0 Å². The van der Waals surface area contributed by atoms with Crippen LogP contribution in [-0.2, 0) is 0 Å². The molecule has 0 saturated heterocycles. The molecule has 4 heteroatoms. The topological polar surface area (TPSA) is 12.9 Å². The van der Waals surface area contributed by atoms with Crippen molar-refractivity contribution in [1.29, 1.82) is 0 Å². The number of pyridine rings is 1. The molecule has 2 heterocycles. The normalized spacial score (nSPS) is 11.9. The molecule has 0 N–H and O–H groups in total. The van der Waals surface area contributed by atoms with E-state index in [4.69, 9.17) is 11.6 Å². The monoisotopic (exact) mass is 337 g/mol. The van der Waals surface area contributed by atoms with Gasteiger partial charge in [-0.3, -0.25) is 0 Å². The smallest absolute Gasteiger partial charge is 0.147 e. The summed E-state index contributed by atoms with van der Waals surface area (Å²) in [4.78, 5) is 4.53. The van der Waals surface area contributed by atoms with Gasteiger partial charge in [-0.1, -0.05) is 48.0 Å². The predicted octanol–water partition coefficient (Wildman–Crippen LogP) is 6.55. The summed E-state index contributed by atoms with van der Waals surface area (Å²) in [5, 5.41) is 5.10. The van der Waals surface area contributed by atoms with Crippen LogP contribution in [0.15, 0.2) is 54.6 Å². The Morgan fingerprint density at radius 3 is 2.65 bits per heavy atom. The summed E-state index contributed by atoms with van der Waals surface area (Å²) in [6, 6.07) is 17.2. The maximum atomic E-state index is 14.6. The van der Waals surface area contributed by atoms with E-state index >= 15 is 0 Å². The third-order valence-corrected chi connectivity index (χ3v) is 5.77. The summed E-state index contributed by atoms with van der Waals surface area (Å²) in [7, 11) is 0. The number of benzene rings is 3. The summed E-state index contributed by atoms with van der Waals surface area (Å²) >= 11 is 7.88. The van der Waals surface area contributed by atoms with Crippen molar-refractivity contribution in [2.45, 2.75) is 0 Å². The van der Waals surface area contributed by atoms with Crippen LogP contribution in [0.4, 0.5) is 4.39 Å². The number of nitrogens with zero attached hydrogens (tertiary/aromatic N) is 1. The molecular weight excluding hydrogens is 329 g/mol. The van der Waals surface area contributed by atoms with Gasteiger partial charge in [0.2, 0.25) is 0 Å². The van der Waals surface area contributed by atoms with Crippen molar-refractivity contribution in [2.75, 3.05) is 0 Å². The van der Waals surface area contributed by atoms with Crippen LogP contribution < -0.4 is 0 Å². The number of fused-ring (bicyclic) bond motifs is 7. The Kier molecular flexibility index (Phi) is 2.67. The van der Waals surface area contributed by atoms with E-state index in [1.54, 1.807) is 6.07 Å². The molecule has 0 spiro atoms. The van der Waals surface area contributed by atoms with E-state index in [9.17, 15) is 4.39 Å². The molecule has 0 aliphatic carbocycles. The highest BCUT2D eigenvalue weighted by molar-refractivity contribution is 7.26. The predicted molar refractivity (Wildman–Crippen MR) is 97.1 cm³/mol. The maximum Gasteiger partial charge on any atom is 0.147 e. The molecule has 0 aliphatic rings. The molecule has 0 radical (unpaired) electrons. The zero-order chi connectivity index (χ0) is 15.6. The first-order valence-corrected chi connectivity index (χ1v) is 8.41. The number of hydrogen-bond acceptors (Lipinski definition) is 2. The van der Waals surface area contributed by atoms with Gasteiger partial charge in [0.05, 0.1) is 10.2 Å². The Morgan fingerprint density at radius 2 is 1.74 bits per heavy atom. The van der Waals surface area contributed by atoms with Gasteiger partial charge in [-0.15, -0.1) is 11.3 Å². The maximum absolute atomic E-state index is 14.6. The fourth-order valence-electron chi connectivity index (χ4n) is 3.26. The van der Waals surface area contributed by atoms with E-state index in [-0.39, 0.29) is 5.82 Å². The lowest BCUT2D eigenvalue weighted by atomic mass is 10.0. The molecule has 1 nitrogen and oxygen atoms in total. The summed E-state index contributed by atoms with van der Waals surface area (Å²) in [5.74, 6) is -0.217. The average molecular weight is 338 g/mol. The zero-order valence-corrected chi connectivity index (χ0v) is 13.4. The van der Waals surface area contributed by atoms with Crippen LogP contribution in [-0.4, -0.2) is 4.98 Å². The van der Waals surface area contributed by atoms with Crippen LogP contribution in [0, 0.1) is 5.82 Å². The van der Waals surface area contributed by atoms with Crippen molar-refractivity contribution < 1.29 is 4.39 Å². The number of rotatable bonds is 0. The quantitative estimate of drug-likeness (QED) is 0.231. The lowest BCUT2D eigenvalue weighted by Gasteiger charge is -2.06. The lowest BCUT2D eigenvalue weighted by molar-refractivity contribution is 0.641. The highest BCUT2D eigenvalue weighted by Gasteiger charge is 2.17. The van der Waals surface area contributed by atoms with Crippen LogP contribution >= 0.6 is 22.9 Å². The van der Waals surface area contributed by atoms with Crippen molar-refractivity contribution in [3.05, 3.63) is 65.6 Å². The molecule has 5 aromatic rings. The fourth-order valence-corrected chi connectivity index (χ4v) is 4.67. The van der Waals surface area contributed by atoms with Gasteiger partial charge < -0.3 is 0 Å². The van der Waals surface area contributed by atoms with E-state index in [2.05, 4.69) is 17.1 Å². The van der Waals surface area contributed by atoms with Gasteiger partial charge in [0.1, 0.15) is 11.0 Å². The van der Waals surface area contributed by atoms with Crippen molar-refractivity contribution in [1.82, 2.24) is 4.98 Å². The Hall–Kier alpha value is -2.23. The van der Waals surface area contributed by atoms with Crippen molar-refractivity contribution in [3.63, 3.8) is 0 Å². The SMILES string of the molecule is Fc1cccc2sc3c(Cl)nc4ccc5ccccc5c4c3c12. The molecular formula is C19H9ClFNS. The first-order valence-electron chi connectivity index (χ1n) is 7.22. The van der Waals surface area contributed by atoms with Gasteiger partial charge in [0, 0.05) is 20.9 Å². The van der Waals surface area contributed by atoms with Crippen LogP contribution in [0.5, 0.6) is 0 Å². The third kappa shape index (κ3) is 1.75. The minimum Gasteiger partial charge on any atom is -0.235 e. The molecule has 0 bridgehead atoms. The van der Waals surface area contributed by atoms with Crippen molar-refractivity contribution >= 4 is 64.8 Å². The zero-order valence-electron chi connectivity index (χ0n) is 11.8. The number of thiophene rings is 1. The summed E-state index contributed by atoms with van der Waals surface area (Å²) in [5.41, 5.74) is 0.796. The molecule has 0 amide bonds. The summed E-state index contributed by atoms with van der Waals surface area (Å²) in [6.07, 6.45) is 0. The Morgan fingerprint density at radius 1 is 0.870 bits per heavy atom. The van der Waals surface area contributed by atoms with E-state index in [0.29, 0.717) is 10.5 Å². The second kappa shape index (κ2) is 4.63. The van der Waals surface area contributed by atoms with Gasteiger partial charge in [-0.25, -0.2) is 9.37 Å². The average Bonchev–Trinajstić information content (AvgIpc) is 2.96. The first kappa shape index (κ1) is 13.2. The van der Waals surface area contributed by atoms with Gasteiger partial charge in [-0.05, 0) is 29.0 Å². The van der Waals surface area contributed by atoms with Gasteiger partial charge >= 0.3 is 0 Å². The number of aromatic nitrogens is 1. The van der Waals surface area contributed by atoms with Crippen molar-refractivity contribution in [3.8, 4) is 0 Å². The molecule has 0 atom stereocenters. The second-order valence-corrected chi connectivity index (χ2v) is 6.91. The van der Waals surface area contributed by atoms with Gasteiger partial charge in [-0.2, -0.15) is 0 Å². The van der Waals surface area contributed by atoms with Crippen molar-refractivity contribution in [2.24, 2.45) is 0 Å². The van der Waals surface area contributed by atoms with Gasteiger partial charge in [0.25, 0.3) is 0 Å². The largest absolute Gasteiger partial charge is 0.235 e. The van der Waals surface area contributed by atoms with E-state index in [1.165, 1.54) is 17.4 Å². The molecule has 0 fully saturated rings. The standard InChI is InChI=1S/C19H9ClFNS/c20-19-18-17(16-12(21)6-3-7-14(16)23-18)15-11-5-2-1-4-10(11)8-9-13(15)22-19/h1-9H. The minimum atomic E-state index is -0.217. The lowest BCUT2D eigenvalue weighted by Crippen LogP contribution is -1.85. The van der Waals surface area contributed by atoms with Crippen LogP contribution in [0.1, 0.15) is 0 Å². The van der Waals surface area contributed by atoms with Gasteiger partial charge in [0.15, 0.2) is 0 Å². The molecule has 0 saturated carbocycles. The fraction of sp³-hybridized carbons (Fsp3) is 0. The van der Waals surface area contributed by atoms with E-state index in [0.717, 1.165) is 36.5 Å². The molecule has 5 rings (SSSR count). The van der Waals surface area contributed by atoms with Crippen LogP contribution in [0.25, 0.3) is 41.8 Å². The Balaban J connectivity index is 2.22.